The molecule has 1 N–H and O–H groups in total. The molecule has 15 heavy (non-hydrogen) atoms. The third kappa shape index (κ3) is 2.95. The van der Waals surface area contributed by atoms with Crippen molar-refractivity contribution in [1.82, 2.24) is 14.8 Å². The van der Waals surface area contributed by atoms with Crippen molar-refractivity contribution in [3.63, 3.8) is 0 Å². The molecule has 0 aliphatic heterocycles. The molecule has 0 aliphatic carbocycles. The molecule has 0 radical (unpaired) electrons. The summed E-state index contributed by atoms with van der Waals surface area (Å²) in [5.74, 6) is 0.554. The first-order valence-electron chi connectivity index (χ1n) is 4.87. The van der Waals surface area contributed by atoms with Gasteiger partial charge in [0.15, 0.2) is 5.16 Å². The number of H-pyrrole nitrogens is 1. The molecule has 0 atom stereocenters. The van der Waals surface area contributed by atoms with Gasteiger partial charge in [0.25, 0.3) is 0 Å². The third-order valence-electron chi connectivity index (χ3n) is 2.03. The number of hydrogen-bond acceptors (Lipinski definition) is 4. The van der Waals surface area contributed by atoms with E-state index in [1.54, 1.807) is 0 Å². The Morgan fingerprint density at radius 2 is 2.27 bits per heavy atom. The van der Waals surface area contributed by atoms with Gasteiger partial charge in [0, 0.05) is 12.5 Å². The van der Waals surface area contributed by atoms with Gasteiger partial charge in [-0.05, 0) is 6.92 Å². The van der Waals surface area contributed by atoms with Gasteiger partial charge in [0.2, 0.25) is 0 Å². The normalized spacial score (nSPS) is 10.9. The minimum atomic E-state index is -0.225. The maximum atomic E-state index is 11.4. The number of ketones is 1. The highest BCUT2D eigenvalue weighted by molar-refractivity contribution is 7.99. The molecule has 0 aromatic carbocycles. The predicted octanol–water partition coefficient (Wildman–Crippen LogP) is 0.908. The van der Waals surface area contributed by atoms with Crippen molar-refractivity contribution in [2.45, 2.75) is 32.5 Å². The first-order chi connectivity index (χ1) is 7.06. The molecule has 0 fully saturated rings. The second-order valence-corrected chi connectivity index (χ2v) is 4.41. The fourth-order valence-electron chi connectivity index (χ4n) is 0.995. The lowest BCUT2D eigenvalue weighted by Gasteiger charge is -2.03. The van der Waals surface area contributed by atoms with Gasteiger partial charge in [-0.1, -0.05) is 25.6 Å². The van der Waals surface area contributed by atoms with Gasteiger partial charge >= 0.3 is 5.69 Å². The predicted molar refractivity (Wildman–Crippen MR) is 59.1 cm³/mol. The topological polar surface area (TPSA) is 67.8 Å². The molecule has 0 amide bonds. The van der Waals surface area contributed by atoms with Crippen molar-refractivity contribution >= 4 is 17.5 Å². The highest BCUT2D eigenvalue weighted by Gasteiger charge is 2.11. The van der Waals surface area contributed by atoms with Crippen LogP contribution in [0.15, 0.2) is 9.95 Å². The van der Waals surface area contributed by atoms with Crippen molar-refractivity contribution < 1.29 is 4.79 Å². The van der Waals surface area contributed by atoms with Crippen molar-refractivity contribution in [2.75, 3.05) is 5.75 Å². The van der Waals surface area contributed by atoms with Gasteiger partial charge in [-0.25, -0.2) is 9.89 Å². The molecule has 1 aromatic rings. The number of nitrogens with one attached hydrogen (secondary N) is 1. The van der Waals surface area contributed by atoms with E-state index >= 15 is 0 Å². The number of aromatic nitrogens is 3. The summed E-state index contributed by atoms with van der Waals surface area (Å²) in [4.78, 5) is 22.6. The number of rotatable bonds is 5. The van der Waals surface area contributed by atoms with Gasteiger partial charge < -0.3 is 0 Å². The second kappa shape index (κ2) is 5.16. The zero-order chi connectivity index (χ0) is 11.4. The van der Waals surface area contributed by atoms with Crippen LogP contribution < -0.4 is 5.69 Å². The molecular formula is C9H15N3O2S. The average molecular weight is 229 g/mol. The van der Waals surface area contributed by atoms with Gasteiger partial charge in [-0.2, -0.15) is 0 Å². The molecule has 1 aromatic heterocycles. The van der Waals surface area contributed by atoms with E-state index in [1.807, 2.05) is 20.8 Å². The molecule has 0 unspecified atom stereocenters. The van der Waals surface area contributed by atoms with E-state index in [9.17, 15) is 9.59 Å². The number of aromatic amines is 1. The Hall–Kier alpha value is -1.04. The monoisotopic (exact) mass is 229 g/mol. The molecule has 0 bridgehead atoms. The molecule has 1 heterocycles. The smallest absolute Gasteiger partial charge is 0.298 e. The lowest BCUT2D eigenvalue weighted by molar-refractivity contribution is -0.119. The summed E-state index contributed by atoms with van der Waals surface area (Å²) in [6.45, 7) is 6.15. The number of carbonyl (C=O) groups excluding carboxylic acids is 1. The zero-order valence-electron chi connectivity index (χ0n) is 9.11. The molecule has 0 aliphatic rings. The number of nitrogens with zero attached hydrogens (tertiary/aromatic N) is 2. The number of Topliss-reactive ketones (excluding diaryl/α,β-unsaturated/α-hetero) is 1. The number of thioether (sulfide) groups is 1. The molecule has 1 rings (SSSR count). The Balaban J connectivity index is 2.65. The summed E-state index contributed by atoms with van der Waals surface area (Å²) < 4.78 is 1.51. The fourth-order valence-corrected chi connectivity index (χ4v) is 2.08. The SMILES string of the molecule is CCn1c(SCC(=O)C(C)C)n[nH]c1=O. The van der Waals surface area contributed by atoms with Gasteiger partial charge in [-0.15, -0.1) is 5.10 Å². The Morgan fingerprint density at radius 1 is 1.60 bits per heavy atom. The van der Waals surface area contributed by atoms with Crippen molar-refractivity contribution in [3.8, 4) is 0 Å². The molecule has 0 spiro atoms. The maximum absolute atomic E-state index is 11.4. The number of carbonyl (C=O) groups is 1. The Kier molecular flexibility index (Phi) is 4.14. The summed E-state index contributed by atoms with van der Waals surface area (Å²) >= 11 is 1.30. The maximum Gasteiger partial charge on any atom is 0.343 e. The third-order valence-corrected chi connectivity index (χ3v) is 3.03. The lowest BCUT2D eigenvalue weighted by atomic mass is 10.1. The Morgan fingerprint density at radius 3 is 2.80 bits per heavy atom. The van der Waals surface area contributed by atoms with E-state index in [2.05, 4.69) is 10.2 Å². The molecule has 0 saturated heterocycles. The minimum absolute atomic E-state index is 0.0261. The van der Waals surface area contributed by atoms with E-state index in [4.69, 9.17) is 0 Å². The van der Waals surface area contributed by atoms with Crippen LogP contribution in [-0.2, 0) is 11.3 Å². The van der Waals surface area contributed by atoms with Crippen LogP contribution >= 0.6 is 11.8 Å². The van der Waals surface area contributed by atoms with Gasteiger partial charge in [-0.3, -0.25) is 9.36 Å². The van der Waals surface area contributed by atoms with E-state index in [0.29, 0.717) is 17.5 Å². The van der Waals surface area contributed by atoms with E-state index in [1.165, 1.54) is 16.3 Å². The molecule has 84 valence electrons. The molecular weight excluding hydrogens is 214 g/mol. The highest BCUT2D eigenvalue weighted by Crippen LogP contribution is 2.14. The Labute approximate surface area is 92.3 Å². The summed E-state index contributed by atoms with van der Waals surface area (Å²) in [5.41, 5.74) is -0.225. The first-order valence-corrected chi connectivity index (χ1v) is 5.85. The van der Waals surface area contributed by atoms with Crippen LogP contribution in [0.5, 0.6) is 0 Å². The zero-order valence-corrected chi connectivity index (χ0v) is 9.93. The quantitative estimate of drug-likeness (QED) is 0.762. The standard InChI is InChI=1S/C9H15N3O2S/c1-4-12-8(14)10-11-9(12)15-5-7(13)6(2)3/h6H,4-5H2,1-3H3,(H,10,14). The van der Waals surface area contributed by atoms with Crippen LogP contribution in [-0.4, -0.2) is 26.3 Å². The summed E-state index contributed by atoms with van der Waals surface area (Å²) in [6.07, 6.45) is 0. The molecule has 5 nitrogen and oxygen atoms in total. The van der Waals surface area contributed by atoms with Crippen LogP contribution in [0.4, 0.5) is 0 Å². The first kappa shape index (κ1) is 12.0. The van der Waals surface area contributed by atoms with E-state index in [-0.39, 0.29) is 17.4 Å². The fraction of sp³-hybridized carbons (Fsp3) is 0.667. The van der Waals surface area contributed by atoms with Crippen molar-refractivity contribution in [1.29, 1.82) is 0 Å². The van der Waals surface area contributed by atoms with Crippen LogP contribution in [0.3, 0.4) is 0 Å². The van der Waals surface area contributed by atoms with Crippen molar-refractivity contribution in [2.24, 2.45) is 5.92 Å². The van der Waals surface area contributed by atoms with E-state index < -0.39 is 0 Å². The summed E-state index contributed by atoms with van der Waals surface area (Å²) in [5, 5.41) is 6.80. The van der Waals surface area contributed by atoms with Gasteiger partial charge in [0.1, 0.15) is 5.78 Å². The highest BCUT2D eigenvalue weighted by atomic mass is 32.2. The van der Waals surface area contributed by atoms with Crippen molar-refractivity contribution in [3.05, 3.63) is 10.5 Å². The van der Waals surface area contributed by atoms with Crippen LogP contribution in [0, 0.1) is 5.92 Å². The largest absolute Gasteiger partial charge is 0.343 e. The summed E-state index contributed by atoms with van der Waals surface area (Å²) in [6, 6.07) is 0. The molecule has 6 heteroatoms. The van der Waals surface area contributed by atoms with E-state index in [0.717, 1.165) is 0 Å². The molecule has 0 saturated carbocycles. The summed E-state index contributed by atoms with van der Waals surface area (Å²) in [7, 11) is 0. The van der Waals surface area contributed by atoms with Crippen LogP contribution in [0.25, 0.3) is 0 Å². The lowest BCUT2D eigenvalue weighted by Crippen LogP contribution is -2.17. The number of hydrogen-bond donors (Lipinski definition) is 1. The second-order valence-electron chi connectivity index (χ2n) is 3.47. The van der Waals surface area contributed by atoms with Crippen LogP contribution in [0.2, 0.25) is 0 Å². The average Bonchev–Trinajstić information content (AvgIpc) is 2.55. The minimum Gasteiger partial charge on any atom is -0.298 e. The Bertz CT molecular complexity index is 394. The van der Waals surface area contributed by atoms with Crippen LogP contribution in [0.1, 0.15) is 20.8 Å². The van der Waals surface area contributed by atoms with Gasteiger partial charge in [0.05, 0.1) is 5.75 Å².